The molecule has 1 heteroatoms. The van der Waals surface area contributed by atoms with E-state index in [1.54, 1.807) is 0 Å². The van der Waals surface area contributed by atoms with Crippen LogP contribution < -0.4 is 0 Å². The molecule has 14 heavy (non-hydrogen) atoms. The molecule has 0 rings (SSSR count). The van der Waals surface area contributed by atoms with Gasteiger partial charge in [0.2, 0.25) is 0 Å². The average molecular weight is 189 g/mol. The quantitative estimate of drug-likeness (QED) is 0.335. The summed E-state index contributed by atoms with van der Waals surface area (Å²) < 4.78 is 0. The minimum absolute atomic E-state index is 0.867. The molecule has 0 unspecified atom stereocenters. The second-order valence-corrected chi connectivity index (χ2v) is 3.08. The first-order valence-electron chi connectivity index (χ1n) is 5.26. The number of unbranched alkanes of at least 4 members (excludes halogenated alkanes) is 2. The van der Waals surface area contributed by atoms with Crippen LogP contribution in [-0.4, -0.2) is 0 Å². The summed E-state index contributed by atoms with van der Waals surface area (Å²) in [6.07, 6.45) is 17.6. The molecule has 0 saturated carbocycles. The van der Waals surface area contributed by atoms with Crippen LogP contribution in [-0.2, 0) is 0 Å². The van der Waals surface area contributed by atoms with Crippen LogP contribution in [0.15, 0.2) is 36.5 Å². The molecule has 0 aromatic heterocycles. The third-order valence-electron chi connectivity index (χ3n) is 1.75. The van der Waals surface area contributed by atoms with Crippen molar-refractivity contribution in [2.24, 2.45) is 0 Å². The van der Waals surface area contributed by atoms with Gasteiger partial charge in [0.05, 0.1) is 6.07 Å². The first kappa shape index (κ1) is 12.7. The van der Waals surface area contributed by atoms with E-state index >= 15 is 0 Å². The molecule has 0 bridgehead atoms. The summed E-state index contributed by atoms with van der Waals surface area (Å²) in [5, 5.41) is 8.22. The first-order chi connectivity index (χ1) is 6.91. The molecule has 0 aliphatic heterocycles. The highest BCUT2D eigenvalue weighted by molar-refractivity contribution is 5.04. The van der Waals surface area contributed by atoms with E-state index in [1.807, 2.05) is 12.1 Å². The zero-order chi connectivity index (χ0) is 10.5. The molecule has 1 nitrogen and oxygen atoms in total. The molecule has 0 aromatic carbocycles. The van der Waals surface area contributed by atoms with Crippen molar-refractivity contribution in [3.8, 4) is 6.07 Å². The highest BCUT2D eigenvalue weighted by atomic mass is 14.2. The van der Waals surface area contributed by atoms with Crippen molar-refractivity contribution in [2.75, 3.05) is 0 Å². The van der Waals surface area contributed by atoms with E-state index in [-0.39, 0.29) is 0 Å². The van der Waals surface area contributed by atoms with Crippen molar-refractivity contribution in [3.05, 3.63) is 36.5 Å². The second kappa shape index (κ2) is 11.7. The fourth-order valence-corrected chi connectivity index (χ4v) is 1.01. The fraction of sp³-hybridized carbons (Fsp3) is 0.462. The summed E-state index contributed by atoms with van der Waals surface area (Å²) in [4.78, 5) is 0. The van der Waals surface area contributed by atoms with E-state index in [2.05, 4.69) is 31.2 Å². The summed E-state index contributed by atoms with van der Waals surface area (Å²) in [6, 6.07) is 1.97. The Morgan fingerprint density at radius 1 is 0.929 bits per heavy atom. The maximum atomic E-state index is 8.22. The van der Waals surface area contributed by atoms with Crippen LogP contribution in [0.25, 0.3) is 0 Å². The van der Waals surface area contributed by atoms with Gasteiger partial charge in [-0.2, -0.15) is 5.26 Å². The maximum absolute atomic E-state index is 8.22. The topological polar surface area (TPSA) is 23.8 Å². The highest BCUT2D eigenvalue weighted by Gasteiger charge is 1.77. The molecular formula is C13H19N. The van der Waals surface area contributed by atoms with Crippen LogP contribution in [0, 0.1) is 11.3 Å². The summed E-state index contributed by atoms with van der Waals surface area (Å²) in [6.45, 7) is 2.19. The third kappa shape index (κ3) is 10.7. The fourth-order valence-electron chi connectivity index (χ4n) is 1.01. The molecule has 0 N–H and O–H groups in total. The number of nitriles is 1. The van der Waals surface area contributed by atoms with Crippen molar-refractivity contribution < 1.29 is 0 Å². The zero-order valence-electron chi connectivity index (χ0n) is 8.95. The molecule has 76 valence electrons. The summed E-state index contributed by atoms with van der Waals surface area (Å²) in [5.41, 5.74) is 0. The first-order valence-corrected chi connectivity index (χ1v) is 5.26. The lowest BCUT2D eigenvalue weighted by Crippen LogP contribution is -1.66. The smallest absolute Gasteiger partial charge is 0.0908 e. The largest absolute Gasteiger partial charge is 0.193 e. The normalized spacial score (nSPS) is 11.7. The Hall–Kier alpha value is -1.29. The van der Waals surface area contributed by atoms with Gasteiger partial charge in [-0.3, -0.25) is 0 Å². The van der Waals surface area contributed by atoms with Crippen LogP contribution in [0.4, 0.5) is 0 Å². The Bertz CT molecular complexity index is 228. The Kier molecular flexibility index (Phi) is 10.6. The minimum atomic E-state index is 0.867. The van der Waals surface area contributed by atoms with Crippen LogP contribution in [0.1, 0.15) is 39.0 Å². The lowest BCUT2D eigenvalue weighted by Gasteiger charge is -1.87. The number of rotatable bonds is 7. The van der Waals surface area contributed by atoms with Gasteiger partial charge in [-0.25, -0.2) is 0 Å². The molecule has 0 atom stereocenters. The van der Waals surface area contributed by atoms with Crippen LogP contribution in [0.5, 0.6) is 0 Å². The number of allylic oxidation sites excluding steroid dienone is 6. The van der Waals surface area contributed by atoms with Gasteiger partial charge >= 0.3 is 0 Å². The molecule has 0 radical (unpaired) electrons. The number of hydrogen-bond acceptors (Lipinski definition) is 1. The monoisotopic (exact) mass is 189 g/mol. The van der Waals surface area contributed by atoms with Crippen LogP contribution in [0.2, 0.25) is 0 Å². The molecule has 0 amide bonds. The number of hydrogen-bond donors (Lipinski definition) is 0. The average Bonchev–Trinajstić information content (AvgIpc) is 2.21. The standard InChI is InChI=1S/C13H19N/c1-2-3-4-5-6-7-8-9-10-11-12-13-14/h4-5,8-9,11-12H,2-3,6-7,10H2,1H3/b5-4+,9-8+,12-11+. The van der Waals surface area contributed by atoms with Crippen molar-refractivity contribution in [3.63, 3.8) is 0 Å². The van der Waals surface area contributed by atoms with Gasteiger partial charge in [-0.05, 0) is 25.7 Å². The molecule has 0 heterocycles. The molecule has 0 fully saturated rings. The van der Waals surface area contributed by atoms with Gasteiger partial charge in [0, 0.05) is 6.08 Å². The molecule has 0 saturated heterocycles. The maximum Gasteiger partial charge on any atom is 0.0908 e. The van der Waals surface area contributed by atoms with Crippen LogP contribution >= 0.6 is 0 Å². The van der Waals surface area contributed by atoms with Gasteiger partial charge in [0.1, 0.15) is 0 Å². The Morgan fingerprint density at radius 3 is 2.21 bits per heavy atom. The van der Waals surface area contributed by atoms with E-state index in [1.165, 1.54) is 18.9 Å². The Morgan fingerprint density at radius 2 is 1.57 bits per heavy atom. The minimum Gasteiger partial charge on any atom is -0.193 e. The lowest BCUT2D eigenvalue weighted by atomic mass is 10.2. The van der Waals surface area contributed by atoms with Gasteiger partial charge in [-0.15, -0.1) is 0 Å². The van der Waals surface area contributed by atoms with E-state index in [9.17, 15) is 0 Å². The summed E-state index contributed by atoms with van der Waals surface area (Å²) >= 11 is 0. The summed E-state index contributed by atoms with van der Waals surface area (Å²) in [5.74, 6) is 0. The number of nitrogens with zero attached hydrogens (tertiary/aromatic N) is 1. The predicted molar refractivity (Wildman–Crippen MR) is 61.8 cm³/mol. The molecule has 0 aliphatic carbocycles. The van der Waals surface area contributed by atoms with Crippen LogP contribution in [0.3, 0.4) is 0 Å². The third-order valence-corrected chi connectivity index (χ3v) is 1.75. The van der Waals surface area contributed by atoms with Crippen molar-refractivity contribution in [1.29, 1.82) is 5.26 Å². The zero-order valence-corrected chi connectivity index (χ0v) is 8.95. The van der Waals surface area contributed by atoms with E-state index in [4.69, 9.17) is 5.26 Å². The highest BCUT2D eigenvalue weighted by Crippen LogP contribution is 1.97. The lowest BCUT2D eigenvalue weighted by molar-refractivity contribution is 0.943. The predicted octanol–water partition coefficient (Wildman–Crippen LogP) is 4.15. The molecule has 0 aliphatic rings. The molecular weight excluding hydrogens is 170 g/mol. The van der Waals surface area contributed by atoms with Gasteiger partial charge < -0.3 is 0 Å². The van der Waals surface area contributed by atoms with Crippen molar-refractivity contribution in [2.45, 2.75) is 39.0 Å². The van der Waals surface area contributed by atoms with Gasteiger partial charge in [0.25, 0.3) is 0 Å². The van der Waals surface area contributed by atoms with Gasteiger partial charge in [-0.1, -0.05) is 43.7 Å². The molecule has 0 spiro atoms. The van der Waals surface area contributed by atoms with Crippen molar-refractivity contribution in [1.82, 2.24) is 0 Å². The van der Waals surface area contributed by atoms with E-state index < -0.39 is 0 Å². The Labute approximate surface area is 87.4 Å². The van der Waals surface area contributed by atoms with Crippen molar-refractivity contribution >= 4 is 0 Å². The molecule has 0 aromatic rings. The Balaban J connectivity index is 3.27. The van der Waals surface area contributed by atoms with Gasteiger partial charge in [0.15, 0.2) is 0 Å². The second-order valence-electron chi connectivity index (χ2n) is 3.08. The van der Waals surface area contributed by atoms with E-state index in [0.717, 1.165) is 19.3 Å². The summed E-state index contributed by atoms with van der Waals surface area (Å²) in [7, 11) is 0. The SMILES string of the molecule is CCC/C=C/CC/C=C/C/C=C/C#N. The van der Waals surface area contributed by atoms with E-state index in [0.29, 0.717) is 0 Å².